The quantitative estimate of drug-likeness (QED) is 0.799. The third kappa shape index (κ3) is 2.76. The van der Waals surface area contributed by atoms with E-state index in [0.29, 0.717) is 11.0 Å². The molecular weight excluding hydrogens is 251 g/mol. The highest BCUT2D eigenvalue weighted by molar-refractivity contribution is 5.82. The summed E-state index contributed by atoms with van der Waals surface area (Å²) in [6.07, 6.45) is -4.14. The Balaban J connectivity index is 3.04. The van der Waals surface area contributed by atoms with Gasteiger partial charge in [0.25, 0.3) is 0 Å². The summed E-state index contributed by atoms with van der Waals surface area (Å²) in [5.41, 5.74) is 9.94. The number of amides is 1. The number of rotatable bonds is 3. The number of halogens is 3. The van der Waals surface area contributed by atoms with Crippen molar-refractivity contribution in [2.24, 2.45) is 0 Å². The summed E-state index contributed by atoms with van der Waals surface area (Å²) in [4.78, 5) is 11.8. The van der Waals surface area contributed by atoms with Crippen molar-refractivity contribution in [2.45, 2.75) is 6.11 Å². The van der Waals surface area contributed by atoms with Crippen molar-refractivity contribution < 1.29 is 22.7 Å². The largest absolute Gasteiger partial charge is 0.482 e. The number of carbonyl (C=O) groups excluding carboxylic acids is 1. The monoisotopic (exact) mass is 263 g/mol. The van der Waals surface area contributed by atoms with Gasteiger partial charge in [-0.25, -0.2) is 4.39 Å². The zero-order chi connectivity index (χ0) is 14.1. The van der Waals surface area contributed by atoms with Gasteiger partial charge in [-0.3, -0.25) is 4.79 Å². The molecule has 0 aromatic heterocycles. The third-order valence-corrected chi connectivity index (χ3v) is 2.02. The van der Waals surface area contributed by atoms with E-state index in [1.165, 1.54) is 0 Å². The lowest BCUT2D eigenvalue weighted by atomic mass is 10.2. The highest BCUT2D eigenvalue weighted by atomic mass is 19.3. The van der Waals surface area contributed by atoms with Gasteiger partial charge in [0.15, 0.2) is 5.75 Å². The van der Waals surface area contributed by atoms with Gasteiger partial charge in [0, 0.05) is 20.2 Å². The van der Waals surface area contributed by atoms with E-state index >= 15 is 0 Å². The molecule has 4 N–H and O–H groups in total. The number of benzene rings is 1. The molecule has 0 heterocycles. The normalized spacial score (nSPS) is 11.2. The predicted molar refractivity (Wildman–Crippen MR) is 59.5 cm³/mol. The smallest absolute Gasteiger partial charge is 0.423 e. The van der Waals surface area contributed by atoms with E-state index in [-0.39, 0.29) is 11.4 Å². The molecule has 1 aromatic carbocycles. The lowest BCUT2D eigenvalue weighted by molar-refractivity contribution is -0.201. The SMILES string of the molecule is CN(C)C(=O)C(F)(F)Oc1cc(F)c(N)cc1N. The Morgan fingerprint density at radius 3 is 2.33 bits per heavy atom. The summed E-state index contributed by atoms with van der Waals surface area (Å²) in [6, 6.07) is 1.53. The van der Waals surface area contributed by atoms with Crippen molar-refractivity contribution in [3.05, 3.63) is 17.9 Å². The molecule has 8 heteroatoms. The number of carbonyl (C=O) groups is 1. The maximum absolute atomic E-state index is 13.3. The molecule has 0 saturated carbocycles. The van der Waals surface area contributed by atoms with E-state index in [2.05, 4.69) is 4.74 Å². The first kappa shape index (κ1) is 13.9. The van der Waals surface area contributed by atoms with Crippen LogP contribution in [0.3, 0.4) is 0 Å². The zero-order valence-corrected chi connectivity index (χ0v) is 9.71. The molecule has 0 aliphatic rings. The molecule has 0 aliphatic carbocycles. The topological polar surface area (TPSA) is 81.6 Å². The van der Waals surface area contributed by atoms with Gasteiger partial charge in [-0.1, -0.05) is 0 Å². The zero-order valence-electron chi connectivity index (χ0n) is 9.71. The van der Waals surface area contributed by atoms with Gasteiger partial charge in [-0.15, -0.1) is 0 Å². The van der Waals surface area contributed by atoms with Crippen molar-refractivity contribution >= 4 is 17.3 Å². The molecule has 0 atom stereocenters. The fraction of sp³-hybridized carbons (Fsp3) is 0.300. The van der Waals surface area contributed by atoms with Gasteiger partial charge >= 0.3 is 12.0 Å². The van der Waals surface area contributed by atoms with E-state index in [9.17, 15) is 18.0 Å². The van der Waals surface area contributed by atoms with E-state index in [1.54, 1.807) is 0 Å². The van der Waals surface area contributed by atoms with E-state index in [0.717, 1.165) is 20.2 Å². The van der Waals surface area contributed by atoms with Crippen LogP contribution in [0.15, 0.2) is 12.1 Å². The molecule has 0 aliphatic heterocycles. The standard InChI is InChI=1S/C10H12F3N3O2/c1-16(2)9(17)10(12,13)18-8-3-5(11)6(14)4-7(8)15/h3-4H,14-15H2,1-2H3. The molecule has 5 nitrogen and oxygen atoms in total. The number of nitrogens with two attached hydrogens (primary N) is 2. The number of nitrogens with zero attached hydrogens (tertiary/aromatic N) is 1. The van der Waals surface area contributed by atoms with Crippen LogP contribution in [0.5, 0.6) is 5.75 Å². The number of hydrogen-bond donors (Lipinski definition) is 2. The van der Waals surface area contributed by atoms with Gasteiger partial charge in [-0.2, -0.15) is 8.78 Å². The Labute approximate surface area is 101 Å². The Morgan fingerprint density at radius 1 is 1.28 bits per heavy atom. The molecular formula is C10H12F3N3O2. The van der Waals surface area contributed by atoms with Crippen molar-refractivity contribution in [3.63, 3.8) is 0 Å². The lowest BCUT2D eigenvalue weighted by Crippen LogP contribution is -2.43. The molecule has 18 heavy (non-hydrogen) atoms. The summed E-state index contributed by atoms with van der Waals surface area (Å²) in [5, 5.41) is 0. The highest BCUT2D eigenvalue weighted by Gasteiger charge is 2.44. The Kier molecular flexibility index (Phi) is 3.59. The maximum atomic E-state index is 13.3. The number of ether oxygens (including phenoxy) is 1. The Hall–Kier alpha value is -2.12. The number of anilines is 2. The second-order valence-electron chi connectivity index (χ2n) is 3.73. The third-order valence-electron chi connectivity index (χ3n) is 2.02. The van der Waals surface area contributed by atoms with Crippen molar-refractivity contribution in [3.8, 4) is 5.75 Å². The van der Waals surface area contributed by atoms with Crippen LogP contribution >= 0.6 is 0 Å². The molecule has 0 bridgehead atoms. The molecule has 0 spiro atoms. The Bertz CT molecular complexity index is 478. The van der Waals surface area contributed by atoms with Crippen LogP contribution in [0, 0.1) is 5.82 Å². The van der Waals surface area contributed by atoms with Gasteiger partial charge < -0.3 is 21.1 Å². The summed E-state index contributed by atoms with van der Waals surface area (Å²) in [6.45, 7) is 0. The second kappa shape index (κ2) is 4.63. The van der Waals surface area contributed by atoms with Gasteiger partial charge in [0.05, 0.1) is 11.4 Å². The molecule has 1 rings (SSSR count). The van der Waals surface area contributed by atoms with Crippen LogP contribution in [0.25, 0.3) is 0 Å². The first-order valence-electron chi connectivity index (χ1n) is 4.78. The van der Waals surface area contributed by atoms with E-state index < -0.39 is 23.6 Å². The fourth-order valence-corrected chi connectivity index (χ4v) is 1.12. The first-order chi connectivity index (χ1) is 8.15. The van der Waals surface area contributed by atoms with Crippen molar-refractivity contribution in [2.75, 3.05) is 25.6 Å². The average molecular weight is 263 g/mol. The Morgan fingerprint density at radius 2 is 1.83 bits per heavy atom. The molecule has 1 aromatic rings. The molecule has 0 unspecified atom stereocenters. The van der Waals surface area contributed by atoms with Crippen LogP contribution in [-0.4, -0.2) is 31.0 Å². The summed E-state index contributed by atoms with van der Waals surface area (Å²) in [5.74, 6) is -3.20. The molecule has 0 radical (unpaired) electrons. The summed E-state index contributed by atoms with van der Waals surface area (Å²) < 4.78 is 43.9. The minimum Gasteiger partial charge on any atom is -0.423 e. The van der Waals surface area contributed by atoms with Crippen LogP contribution < -0.4 is 16.2 Å². The minimum atomic E-state index is -4.14. The predicted octanol–water partition coefficient (Wildman–Crippen LogP) is 1.05. The minimum absolute atomic E-state index is 0.292. The summed E-state index contributed by atoms with van der Waals surface area (Å²) >= 11 is 0. The van der Waals surface area contributed by atoms with Crippen molar-refractivity contribution in [1.82, 2.24) is 4.90 Å². The van der Waals surface area contributed by atoms with Gasteiger partial charge in [-0.05, 0) is 6.07 Å². The van der Waals surface area contributed by atoms with E-state index in [1.807, 2.05) is 0 Å². The molecule has 100 valence electrons. The molecule has 0 fully saturated rings. The molecule has 1 amide bonds. The maximum Gasteiger partial charge on any atom is 0.482 e. The number of hydrogen-bond acceptors (Lipinski definition) is 4. The van der Waals surface area contributed by atoms with Gasteiger partial charge in [0.1, 0.15) is 5.82 Å². The average Bonchev–Trinajstić information content (AvgIpc) is 2.24. The van der Waals surface area contributed by atoms with Crippen molar-refractivity contribution in [1.29, 1.82) is 0 Å². The molecule has 0 saturated heterocycles. The second-order valence-corrected chi connectivity index (χ2v) is 3.73. The van der Waals surface area contributed by atoms with Crippen LogP contribution in [0.1, 0.15) is 0 Å². The number of nitrogen functional groups attached to an aromatic ring is 2. The highest BCUT2D eigenvalue weighted by Crippen LogP contribution is 2.31. The first-order valence-corrected chi connectivity index (χ1v) is 4.78. The number of likely N-dealkylation sites (N-methyl/N-ethyl adjacent to an activating group) is 1. The van der Waals surface area contributed by atoms with E-state index in [4.69, 9.17) is 11.5 Å². The number of alkyl halides is 2. The fourth-order valence-electron chi connectivity index (χ4n) is 1.12. The summed E-state index contributed by atoms with van der Waals surface area (Å²) in [7, 11) is 2.26. The van der Waals surface area contributed by atoms with Crippen LogP contribution in [-0.2, 0) is 4.79 Å². The van der Waals surface area contributed by atoms with Crippen LogP contribution in [0.4, 0.5) is 24.5 Å². The van der Waals surface area contributed by atoms with Gasteiger partial charge in [0.2, 0.25) is 0 Å². The van der Waals surface area contributed by atoms with Crippen LogP contribution in [0.2, 0.25) is 0 Å². The lowest BCUT2D eigenvalue weighted by Gasteiger charge is -2.21.